The van der Waals surface area contributed by atoms with E-state index < -0.39 is 11.5 Å². The summed E-state index contributed by atoms with van der Waals surface area (Å²) >= 11 is 6.01. The molecule has 1 amide bonds. The molecule has 11 heteroatoms. The number of nitrogens with zero attached hydrogens (tertiary/aromatic N) is 5. The van der Waals surface area contributed by atoms with E-state index in [0.29, 0.717) is 21.9 Å². The molecule has 3 heterocycles. The van der Waals surface area contributed by atoms with Gasteiger partial charge in [-0.2, -0.15) is 5.10 Å². The van der Waals surface area contributed by atoms with Crippen molar-refractivity contribution in [2.24, 2.45) is 0 Å². The Morgan fingerprint density at radius 3 is 2.60 bits per heavy atom. The summed E-state index contributed by atoms with van der Waals surface area (Å²) < 4.78 is 12.6. The summed E-state index contributed by atoms with van der Waals surface area (Å²) in [7, 11) is 2.96. The molecule has 0 aliphatic rings. The molecular weight excluding hydrogens is 412 g/mol. The molecule has 0 aliphatic heterocycles. The first kappa shape index (κ1) is 20.0. The summed E-state index contributed by atoms with van der Waals surface area (Å²) in [5.74, 6) is -0.473. The van der Waals surface area contributed by atoms with E-state index >= 15 is 0 Å². The van der Waals surface area contributed by atoms with Gasteiger partial charge in [-0.05, 0) is 23.8 Å². The quantitative estimate of drug-likeness (QED) is 0.496. The van der Waals surface area contributed by atoms with Gasteiger partial charge in [0.25, 0.3) is 11.5 Å². The van der Waals surface area contributed by atoms with Crippen LogP contribution in [0.15, 0.2) is 41.3 Å². The third kappa shape index (κ3) is 3.52. The number of pyridine rings is 1. The monoisotopic (exact) mass is 428 g/mol. The number of hydrogen-bond acceptors (Lipinski definition) is 7. The molecule has 3 aromatic heterocycles. The average Bonchev–Trinajstić information content (AvgIpc) is 3.09. The molecule has 10 nitrogen and oxygen atoms in total. The van der Waals surface area contributed by atoms with Crippen molar-refractivity contribution in [1.82, 2.24) is 24.5 Å². The van der Waals surface area contributed by atoms with Crippen LogP contribution >= 0.6 is 11.6 Å². The molecule has 4 aromatic rings. The molecule has 1 aromatic carbocycles. The largest absolute Gasteiger partial charge is 0.378 e. The van der Waals surface area contributed by atoms with Crippen molar-refractivity contribution in [2.75, 3.05) is 26.3 Å². The number of carbonyl (C=O) groups is 1. The lowest BCUT2D eigenvalue weighted by Crippen LogP contribution is -2.35. The predicted molar refractivity (Wildman–Crippen MR) is 110 cm³/mol. The van der Waals surface area contributed by atoms with Crippen molar-refractivity contribution in [3.05, 3.63) is 57.6 Å². The van der Waals surface area contributed by atoms with E-state index in [2.05, 4.69) is 20.7 Å². The number of benzene rings is 1. The Labute approximate surface area is 175 Å². The van der Waals surface area contributed by atoms with Crippen LogP contribution in [0, 0.1) is 0 Å². The van der Waals surface area contributed by atoms with Gasteiger partial charge in [0.1, 0.15) is 12.1 Å². The van der Waals surface area contributed by atoms with Crippen LogP contribution in [0.2, 0.25) is 5.02 Å². The zero-order valence-corrected chi connectivity index (χ0v) is 16.9. The Hall–Kier alpha value is -3.34. The summed E-state index contributed by atoms with van der Waals surface area (Å²) in [6, 6.07) is 8.88. The van der Waals surface area contributed by atoms with Crippen LogP contribution in [-0.2, 0) is 20.9 Å². The minimum Gasteiger partial charge on any atom is -0.378 e. The van der Waals surface area contributed by atoms with E-state index in [9.17, 15) is 9.59 Å². The fraction of sp³-hybridized carbons (Fsp3) is 0.211. The van der Waals surface area contributed by atoms with Crippen LogP contribution < -0.4 is 11.0 Å². The van der Waals surface area contributed by atoms with Crippen molar-refractivity contribution in [2.45, 2.75) is 6.61 Å². The van der Waals surface area contributed by atoms with Crippen LogP contribution in [0.5, 0.6) is 0 Å². The van der Waals surface area contributed by atoms with Crippen LogP contribution in [0.3, 0.4) is 0 Å². The Morgan fingerprint density at radius 2 is 1.90 bits per heavy atom. The van der Waals surface area contributed by atoms with Gasteiger partial charge in [-0.1, -0.05) is 23.7 Å². The van der Waals surface area contributed by atoms with Crippen LogP contribution in [0.4, 0.5) is 0 Å². The highest BCUT2D eigenvalue weighted by Crippen LogP contribution is 2.29. The molecule has 154 valence electrons. The lowest BCUT2D eigenvalue weighted by Gasteiger charge is -2.08. The van der Waals surface area contributed by atoms with E-state index in [0.717, 1.165) is 15.8 Å². The highest BCUT2D eigenvalue weighted by molar-refractivity contribution is 6.30. The first-order valence-corrected chi connectivity index (χ1v) is 9.24. The van der Waals surface area contributed by atoms with E-state index in [-0.39, 0.29) is 18.7 Å². The fourth-order valence-corrected chi connectivity index (χ4v) is 3.25. The van der Waals surface area contributed by atoms with E-state index in [4.69, 9.17) is 21.1 Å². The van der Waals surface area contributed by atoms with Gasteiger partial charge in [0, 0.05) is 25.4 Å². The number of halogens is 1. The molecule has 0 aliphatic carbocycles. The third-order valence-electron chi connectivity index (χ3n) is 4.39. The second kappa shape index (κ2) is 8.19. The standard InChI is InChI=1S/C19H17ClN6O4/c1-29-9-13-16(11-3-5-12(20)6-4-11)18-22-21-17-14(26(18)23-13)7-8-25(19(17)28)24-15(27)10-30-2/h3-8H,9-10H2,1-2H3,(H,24,27). The first-order chi connectivity index (χ1) is 14.5. The minimum absolute atomic E-state index is 0.0526. The van der Waals surface area contributed by atoms with Gasteiger partial charge < -0.3 is 9.47 Å². The van der Waals surface area contributed by atoms with Crippen LogP contribution in [-0.4, -0.2) is 51.2 Å². The maximum absolute atomic E-state index is 12.8. The van der Waals surface area contributed by atoms with Gasteiger partial charge in [-0.15, -0.1) is 10.2 Å². The summed E-state index contributed by atoms with van der Waals surface area (Å²) in [6.45, 7) is 0.0616. The number of aromatic nitrogens is 5. The van der Waals surface area contributed by atoms with Gasteiger partial charge in [0.2, 0.25) is 0 Å². The Balaban J connectivity index is 1.91. The van der Waals surface area contributed by atoms with Gasteiger partial charge in [0.05, 0.1) is 17.9 Å². The molecule has 1 N–H and O–H groups in total. The molecular formula is C19H17ClN6O4. The fourth-order valence-electron chi connectivity index (χ4n) is 3.13. The molecule has 0 bridgehead atoms. The second-order valence-electron chi connectivity index (χ2n) is 6.39. The van der Waals surface area contributed by atoms with Crippen molar-refractivity contribution in [1.29, 1.82) is 0 Å². The SMILES string of the molecule is COCC(=O)Nn1ccc2c(nnc3c(-c4ccc(Cl)cc4)c(COC)nn32)c1=O. The number of ether oxygens (including phenoxy) is 2. The van der Waals surface area contributed by atoms with Gasteiger partial charge in [0.15, 0.2) is 11.2 Å². The van der Waals surface area contributed by atoms with Gasteiger partial charge >= 0.3 is 0 Å². The summed E-state index contributed by atoms with van der Waals surface area (Å²) in [5.41, 5.74) is 5.08. The van der Waals surface area contributed by atoms with Crippen molar-refractivity contribution in [3.63, 3.8) is 0 Å². The molecule has 30 heavy (non-hydrogen) atoms. The topological polar surface area (TPSA) is 113 Å². The highest BCUT2D eigenvalue weighted by atomic mass is 35.5. The number of amides is 1. The maximum Gasteiger partial charge on any atom is 0.299 e. The van der Waals surface area contributed by atoms with Crippen LogP contribution in [0.1, 0.15) is 5.69 Å². The first-order valence-electron chi connectivity index (χ1n) is 8.87. The van der Waals surface area contributed by atoms with Crippen molar-refractivity contribution in [3.8, 4) is 11.1 Å². The number of methoxy groups -OCH3 is 2. The smallest absolute Gasteiger partial charge is 0.299 e. The lowest BCUT2D eigenvalue weighted by molar-refractivity contribution is -0.120. The minimum atomic E-state index is -0.539. The van der Waals surface area contributed by atoms with E-state index in [1.807, 2.05) is 12.1 Å². The Bertz CT molecular complexity index is 1300. The van der Waals surface area contributed by atoms with Crippen molar-refractivity contribution < 1.29 is 14.3 Å². The number of rotatable bonds is 6. The molecule has 0 saturated carbocycles. The molecule has 0 saturated heterocycles. The number of carbonyl (C=O) groups excluding carboxylic acids is 1. The summed E-state index contributed by atoms with van der Waals surface area (Å²) in [6.07, 6.45) is 1.43. The average molecular weight is 429 g/mol. The molecule has 0 atom stereocenters. The number of nitrogens with one attached hydrogen (secondary N) is 1. The summed E-state index contributed by atoms with van der Waals surface area (Å²) in [4.78, 5) is 24.5. The van der Waals surface area contributed by atoms with Crippen molar-refractivity contribution >= 4 is 34.2 Å². The van der Waals surface area contributed by atoms with E-state index in [1.54, 1.807) is 29.8 Å². The zero-order valence-electron chi connectivity index (χ0n) is 16.1. The van der Waals surface area contributed by atoms with Gasteiger partial charge in [-0.3, -0.25) is 15.0 Å². The summed E-state index contributed by atoms with van der Waals surface area (Å²) in [5, 5.41) is 13.5. The molecule has 0 fully saturated rings. The number of fused-ring (bicyclic) bond motifs is 3. The molecule has 0 unspecified atom stereocenters. The normalized spacial score (nSPS) is 11.3. The van der Waals surface area contributed by atoms with Gasteiger partial charge in [-0.25, -0.2) is 9.19 Å². The lowest BCUT2D eigenvalue weighted by atomic mass is 10.1. The highest BCUT2D eigenvalue weighted by Gasteiger charge is 2.20. The molecule has 0 radical (unpaired) electrons. The molecule has 4 rings (SSSR count). The third-order valence-corrected chi connectivity index (χ3v) is 4.64. The van der Waals surface area contributed by atoms with E-state index in [1.165, 1.54) is 13.3 Å². The number of hydrogen-bond donors (Lipinski definition) is 1. The Morgan fingerprint density at radius 1 is 1.13 bits per heavy atom. The second-order valence-corrected chi connectivity index (χ2v) is 6.83. The Kier molecular flexibility index (Phi) is 5.44. The maximum atomic E-state index is 12.8. The molecule has 0 spiro atoms. The predicted octanol–water partition coefficient (Wildman–Crippen LogP) is 1.62. The zero-order chi connectivity index (χ0) is 21.3. The van der Waals surface area contributed by atoms with Crippen LogP contribution in [0.25, 0.3) is 27.8 Å².